The number of fused-ring (bicyclic) bond motifs is 7. The molecule has 0 aromatic rings. The molecule has 0 bridgehead atoms. The topological polar surface area (TPSA) is 26.3 Å². The molecule has 0 heterocycles. The zero-order valence-electron chi connectivity index (χ0n) is 23.8. The van der Waals surface area contributed by atoms with Gasteiger partial charge in [0.05, 0.1) is 0 Å². The third-order valence-electron chi connectivity index (χ3n) is 13.3. The number of hydrogen-bond donors (Lipinski definition) is 0. The van der Waals surface area contributed by atoms with Gasteiger partial charge in [-0.1, -0.05) is 67.0 Å². The second-order valence-corrected chi connectivity index (χ2v) is 15.8. The summed E-state index contributed by atoms with van der Waals surface area (Å²) in [6.07, 6.45) is 15.9. The lowest BCUT2D eigenvalue weighted by molar-refractivity contribution is -0.211. The number of rotatable bonds is 1. The van der Waals surface area contributed by atoms with Crippen LogP contribution in [-0.4, -0.2) is 12.1 Å². The third-order valence-corrected chi connectivity index (χ3v) is 13.3. The Labute approximate surface area is 210 Å². The number of hydrogen-bond acceptors (Lipinski definition) is 2. The Morgan fingerprint density at radius 1 is 0.853 bits per heavy atom. The molecular weight excluding hydrogens is 416 g/mol. The maximum Gasteiger partial charge on any atom is 0.302 e. The molecule has 0 amide bonds. The lowest BCUT2D eigenvalue weighted by Gasteiger charge is -2.71. The molecule has 0 unspecified atom stereocenters. The first-order chi connectivity index (χ1) is 15.6. The van der Waals surface area contributed by atoms with E-state index in [1.807, 2.05) is 5.57 Å². The van der Waals surface area contributed by atoms with Gasteiger partial charge >= 0.3 is 5.97 Å². The van der Waals surface area contributed by atoms with Crippen LogP contribution in [0, 0.1) is 50.2 Å². The first kappa shape index (κ1) is 24.9. The zero-order valence-corrected chi connectivity index (χ0v) is 23.8. The predicted octanol–water partition coefficient (Wildman–Crippen LogP) is 8.74. The summed E-state index contributed by atoms with van der Waals surface area (Å²) in [7, 11) is 0. The summed E-state index contributed by atoms with van der Waals surface area (Å²) in [6, 6.07) is 0. The van der Waals surface area contributed by atoms with Crippen molar-refractivity contribution in [2.24, 2.45) is 50.2 Å². The number of carbonyl (C=O) groups excluding carboxylic acids is 1. The summed E-state index contributed by atoms with van der Waals surface area (Å²) in [5.74, 6) is 2.01. The fourth-order valence-corrected chi connectivity index (χ4v) is 10.9. The van der Waals surface area contributed by atoms with E-state index < -0.39 is 0 Å². The normalized spacial score (nSPS) is 51.1. The van der Waals surface area contributed by atoms with Crippen LogP contribution in [0.2, 0.25) is 0 Å². The molecule has 0 aromatic heterocycles. The molecule has 0 saturated heterocycles. The monoisotopic (exact) mass is 468 g/mol. The summed E-state index contributed by atoms with van der Waals surface area (Å²) < 4.78 is 5.91. The molecule has 8 atom stereocenters. The highest BCUT2D eigenvalue weighted by molar-refractivity contribution is 5.66. The molecule has 0 radical (unpaired) electrons. The Morgan fingerprint density at radius 3 is 2.21 bits per heavy atom. The van der Waals surface area contributed by atoms with E-state index in [0.717, 1.165) is 18.3 Å². The zero-order chi connectivity index (χ0) is 24.9. The van der Waals surface area contributed by atoms with Crippen LogP contribution in [0.4, 0.5) is 0 Å². The molecule has 0 aromatic carbocycles. The van der Waals surface area contributed by atoms with Crippen LogP contribution in [0.25, 0.3) is 0 Å². The quantitative estimate of drug-likeness (QED) is 0.284. The van der Waals surface area contributed by atoms with Crippen molar-refractivity contribution < 1.29 is 9.53 Å². The van der Waals surface area contributed by atoms with Gasteiger partial charge in [-0.25, -0.2) is 0 Å². The van der Waals surface area contributed by atoms with E-state index in [1.165, 1.54) is 57.8 Å². The molecule has 0 aliphatic heterocycles. The van der Waals surface area contributed by atoms with Crippen molar-refractivity contribution in [2.45, 2.75) is 133 Å². The highest BCUT2D eigenvalue weighted by Crippen LogP contribution is 2.75. The molecule has 0 spiro atoms. The molecule has 2 nitrogen and oxygen atoms in total. The number of ether oxygens (including phenoxy) is 1. The van der Waals surface area contributed by atoms with Gasteiger partial charge in [0.25, 0.3) is 0 Å². The lowest BCUT2D eigenvalue weighted by atomic mass is 9.33. The SMILES string of the molecule is CC(=O)O[C@@H]1CC[C@]2(C)[C@H]3CC=C4[C@@H]5CC(C)(C)CC[C@]5(C)CC[C@@]4(C)[C@]3(C)CC[C@H]2C1(C)C. The largest absolute Gasteiger partial charge is 0.462 e. The van der Waals surface area contributed by atoms with Crippen LogP contribution in [0.15, 0.2) is 11.6 Å². The summed E-state index contributed by atoms with van der Waals surface area (Å²) in [6.45, 7) is 22.0. The molecule has 0 N–H and O–H groups in total. The second-order valence-electron chi connectivity index (χ2n) is 15.8. The van der Waals surface area contributed by atoms with Crippen molar-refractivity contribution in [3.63, 3.8) is 0 Å². The fraction of sp³-hybridized carbons (Fsp3) is 0.906. The number of allylic oxidation sites excluding steroid dienone is 2. The maximum absolute atomic E-state index is 11.9. The van der Waals surface area contributed by atoms with Crippen molar-refractivity contribution in [3.05, 3.63) is 11.6 Å². The van der Waals surface area contributed by atoms with Gasteiger partial charge in [0, 0.05) is 12.3 Å². The lowest BCUT2D eigenvalue weighted by Crippen LogP contribution is -2.64. The van der Waals surface area contributed by atoms with Crippen molar-refractivity contribution in [3.8, 4) is 0 Å². The van der Waals surface area contributed by atoms with Gasteiger partial charge in [-0.15, -0.1) is 0 Å². The van der Waals surface area contributed by atoms with E-state index in [9.17, 15) is 4.79 Å². The average Bonchev–Trinajstić information content (AvgIpc) is 2.72. The molecule has 4 saturated carbocycles. The first-order valence-corrected chi connectivity index (χ1v) is 14.5. The summed E-state index contributed by atoms with van der Waals surface area (Å²) in [5, 5.41) is 0. The summed E-state index contributed by atoms with van der Waals surface area (Å²) in [5.41, 5.74) is 3.92. The molecule has 192 valence electrons. The van der Waals surface area contributed by atoms with Gasteiger partial charge in [-0.3, -0.25) is 4.79 Å². The summed E-state index contributed by atoms with van der Waals surface area (Å²) in [4.78, 5) is 11.9. The Hall–Kier alpha value is -0.790. The Kier molecular flexibility index (Phi) is 5.40. The maximum atomic E-state index is 11.9. The molecule has 4 fully saturated rings. The van der Waals surface area contributed by atoms with Crippen molar-refractivity contribution in [1.82, 2.24) is 0 Å². The predicted molar refractivity (Wildman–Crippen MR) is 140 cm³/mol. The van der Waals surface area contributed by atoms with Crippen LogP contribution < -0.4 is 0 Å². The van der Waals surface area contributed by atoms with Crippen LogP contribution >= 0.6 is 0 Å². The molecule has 34 heavy (non-hydrogen) atoms. The first-order valence-electron chi connectivity index (χ1n) is 14.5. The Balaban J connectivity index is 1.53. The van der Waals surface area contributed by atoms with E-state index in [1.54, 1.807) is 6.92 Å². The minimum atomic E-state index is -0.110. The van der Waals surface area contributed by atoms with Crippen LogP contribution in [0.1, 0.15) is 127 Å². The van der Waals surface area contributed by atoms with Gasteiger partial charge in [0.15, 0.2) is 0 Å². The van der Waals surface area contributed by atoms with E-state index in [4.69, 9.17) is 4.74 Å². The Bertz CT molecular complexity index is 897. The van der Waals surface area contributed by atoms with Gasteiger partial charge in [-0.2, -0.15) is 0 Å². The molecule has 5 aliphatic rings. The minimum Gasteiger partial charge on any atom is -0.462 e. The number of carbonyl (C=O) groups is 1. The molecule has 5 aliphatic carbocycles. The highest BCUT2D eigenvalue weighted by atomic mass is 16.5. The molecule has 5 rings (SSSR count). The standard InChI is InChI=1S/C32H52O2/c1-21(33)34-26-13-14-30(7)24(28(26,4)5)12-15-32(9)25(30)11-10-22-23-20-27(2,3)16-17-29(23,6)18-19-31(22,32)8/h10,23-26H,11-20H2,1-9H3/t23-,24-,25+,26+,29+,30-,31+,32+/m0/s1. The van der Waals surface area contributed by atoms with Gasteiger partial charge < -0.3 is 4.74 Å². The van der Waals surface area contributed by atoms with Crippen molar-refractivity contribution in [2.75, 3.05) is 0 Å². The van der Waals surface area contributed by atoms with Gasteiger partial charge in [0.2, 0.25) is 0 Å². The smallest absolute Gasteiger partial charge is 0.302 e. The fourth-order valence-electron chi connectivity index (χ4n) is 10.9. The average molecular weight is 469 g/mol. The van der Waals surface area contributed by atoms with E-state index in [0.29, 0.717) is 33.0 Å². The minimum absolute atomic E-state index is 0.0451. The van der Waals surface area contributed by atoms with Crippen LogP contribution in [-0.2, 0) is 9.53 Å². The van der Waals surface area contributed by atoms with Crippen molar-refractivity contribution in [1.29, 1.82) is 0 Å². The Morgan fingerprint density at radius 2 is 1.53 bits per heavy atom. The highest BCUT2D eigenvalue weighted by Gasteiger charge is 2.68. The summed E-state index contributed by atoms with van der Waals surface area (Å²) >= 11 is 0. The van der Waals surface area contributed by atoms with E-state index >= 15 is 0 Å². The molecular formula is C32H52O2. The third kappa shape index (κ3) is 3.21. The van der Waals surface area contributed by atoms with Crippen molar-refractivity contribution >= 4 is 5.97 Å². The van der Waals surface area contributed by atoms with Crippen LogP contribution in [0.5, 0.6) is 0 Å². The van der Waals surface area contributed by atoms with Gasteiger partial charge in [0.1, 0.15) is 6.10 Å². The van der Waals surface area contributed by atoms with Gasteiger partial charge in [-0.05, 0) is 109 Å². The molecule has 2 heteroatoms. The van der Waals surface area contributed by atoms with E-state index in [2.05, 4.69) is 61.5 Å². The second kappa shape index (κ2) is 7.38. The number of esters is 1. The van der Waals surface area contributed by atoms with Crippen LogP contribution in [0.3, 0.4) is 0 Å². The van der Waals surface area contributed by atoms with E-state index in [-0.39, 0.29) is 17.5 Å².